The molecule has 0 saturated heterocycles. The second-order valence-electron chi connectivity index (χ2n) is 6.27. The van der Waals surface area contributed by atoms with Crippen LogP contribution in [0.4, 0.5) is 11.6 Å². The Morgan fingerprint density at radius 2 is 1.85 bits per heavy atom. The Kier molecular flexibility index (Phi) is 6.04. The SMILES string of the molecule is Cc1cccc(NC(=O)c2ccnc(NCCc3ccc(Cl)cc3)n2)c1C. The molecule has 0 atom stereocenters. The van der Waals surface area contributed by atoms with Crippen molar-refractivity contribution in [2.45, 2.75) is 20.3 Å². The summed E-state index contributed by atoms with van der Waals surface area (Å²) in [5, 5.41) is 6.78. The fraction of sp³-hybridized carbons (Fsp3) is 0.190. The normalized spacial score (nSPS) is 10.5. The van der Waals surface area contributed by atoms with Crippen molar-refractivity contribution in [1.29, 1.82) is 0 Å². The fourth-order valence-electron chi connectivity index (χ4n) is 2.61. The highest BCUT2D eigenvalue weighted by atomic mass is 35.5. The van der Waals surface area contributed by atoms with Gasteiger partial charge in [-0.2, -0.15) is 0 Å². The number of nitrogens with one attached hydrogen (secondary N) is 2. The summed E-state index contributed by atoms with van der Waals surface area (Å²) in [6.45, 7) is 4.65. The number of nitrogens with zero attached hydrogens (tertiary/aromatic N) is 2. The van der Waals surface area contributed by atoms with Crippen molar-refractivity contribution in [2.75, 3.05) is 17.2 Å². The number of carbonyl (C=O) groups excluding carboxylic acids is 1. The molecule has 3 aromatic rings. The molecule has 2 N–H and O–H groups in total. The summed E-state index contributed by atoms with van der Waals surface area (Å²) in [4.78, 5) is 21.0. The average Bonchev–Trinajstić information content (AvgIpc) is 2.67. The highest BCUT2D eigenvalue weighted by Crippen LogP contribution is 2.18. The van der Waals surface area contributed by atoms with Gasteiger partial charge in [-0.15, -0.1) is 0 Å². The summed E-state index contributed by atoms with van der Waals surface area (Å²) in [7, 11) is 0. The Morgan fingerprint density at radius 3 is 2.63 bits per heavy atom. The number of benzene rings is 2. The first-order valence-electron chi connectivity index (χ1n) is 8.72. The molecule has 0 bridgehead atoms. The molecule has 2 aromatic carbocycles. The van der Waals surface area contributed by atoms with E-state index in [9.17, 15) is 4.79 Å². The zero-order valence-electron chi connectivity index (χ0n) is 15.3. The minimum absolute atomic E-state index is 0.258. The monoisotopic (exact) mass is 380 g/mol. The van der Waals surface area contributed by atoms with E-state index >= 15 is 0 Å². The number of anilines is 2. The Hall–Kier alpha value is -2.92. The third-order valence-corrected chi connectivity index (χ3v) is 4.60. The van der Waals surface area contributed by atoms with Crippen LogP contribution in [0, 0.1) is 13.8 Å². The molecule has 6 heteroatoms. The van der Waals surface area contributed by atoms with E-state index in [0.717, 1.165) is 33.8 Å². The van der Waals surface area contributed by atoms with Gasteiger partial charge in [-0.1, -0.05) is 35.9 Å². The Labute approximate surface area is 163 Å². The van der Waals surface area contributed by atoms with E-state index in [1.807, 2.05) is 56.3 Å². The Morgan fingerprint density at radius 1 is 1.07 bits per heavy atom. The number of hydrogen-bond acceptors (Lipinski definition) is 4. The third kappa shape index (κ3) is 5.05. The molecule has 0 aliphatic carbocycles. The standard InChI is InChI=1S/C21H21ClN4O/c1-14-4-3-5-18(15(14)2)25-20(27)19-11-13-24-21(26-19)23-12-10-16-6-8-17(22)9-7-16/h3-9,11,13H,10,12H2,1-2H3,(H,25,27)(H,23,24,26). The van der Waals surface area contributed by atoms with E-state index in [1.54, 1.807) is 12.3 Å². The molecule has 0 fully saturated rings. The van der Waals surface area contributed by atoms with Gasteiger partial charge in [0.15, 0.2) is 0 Å². The van der Waals surface area contributed by atoms with E-state index in [2.05, 4.69) is 20.6 Å². The van der Waals surface area contributed by atoms with Crippen LogP contribution in [-0.4, -0.2) is 22.4 Å². The third-order valence-electron chi connectivity index (χ3n) is 4.35. The zero-order chi connectivity index (χ0) is 19.2. The van der Waals surface area contributed by atoms with Crippen molar-refractivity contribution in [3.63, 3.8) is 0 Å². The van der Waals surface area contributed by atoms with Gasteiger partial charge in [-0.25, -0.2) is 9.97 Å². The van der Waals surface area contributed by atoms with E-state index in [4.69, 9.17) is 11.6 Å². The maximum atomic E-state index is 12.5. The fourth-order valence-corrected chi connectivity index (χ4v) is 2.74. The van der Waals surface area contributed by atoms with E-state index in [-0.39, 0.29) is 5.91 Å². The molecule has 0 saturated carbocycles. The summed E-state index contributed by atoms with van der Waals surface area (Å²) in [5.74, 6) is 0.171. The van der Waals surface area contributed by atoms with Crippen LogP contribution in [0.3, 0.4) is 0 Å². The van der Waals surface area contributed by atoms with Gasteiger partial charge >= 0.3 is 0 Å². The van der Waals surface area contributed by atoms with E-state index < -0.39 is 0 Å². The van der Waals surface area contributed by atoms with Gasteiger partial charge in [-0.05, 0) is 61.2 Å². The first kappa shape index (κ1) is 18.9. The summed E-state index contributed by atoms with van der Waals surface area (Å²) in [6, 6.07) is 15.1. The molecule has 1 amide bonds. The van der Waals surface area contributed by atoms with Crippen LogP contribution < -0.4 is 10.6 Å². The molecule has 0 radical (unpaired) electrons. The summed E-state index contributed by atoms with van der Waals surface area (Å²) in [5.41, 5.74) is 4.44. The van der Waals surface area contributed by atoms with Crippen molar-refractivity contribution in [2.24, 2.45) is 0 Å². The number of rotatable bonds is 6. The first-order chi connectivity index (χ1) is 13.0. The maximum Gasteiger partial charge on any atom is 0.274 e. The Bertz CT molecular complexity index is 941. The average molecular weight is 381 g/mol. The predicted molar refractivity (Wildman–Crippen MR) is 110 cm³/mol. The number of hydrogen-bond donors (Lipinski definition) is 2. The number of amides is 1. The molecule has 27 heavy (non-hydrogen) atoms. The highest BCUT2D eigenvalue weighted by Gasteiger charge is 2.11. The van der Waals surface area contributed by atoms with Crippen LogP contribution >= 0.6 is 11.6 Å². The molecule has 0 unspecified atom stereocenters. The van der Waals surface area contributed by atoms with Gasteiger partial charge < -0.3 is 10.6 Å². The lowest BCUT2D eigenvalue weighted by atomic mass is 10.1. The van der Waals surface area contributed by atoms with Crippen molar-refractivity contribution >= 4 is 29.1 Å². The number of aryl methyl sites for hydroxylation is 1. The summed E-state index contributed by atoms with van der Waals surface area (Å²) >= 11 is 5.89. The van der Waals surface area contributed by atoms with Crippen molar-refractivity contribution in [3.8, 4) is 0 Å². The van der Waals surface area contributed by atoms with E-state index in [0.29, 0.717) is 18.2 Å². The van der Waals surface area contributed by atoms with Gasteiger partial charge in [0, 0.05) is 23.5 Å². The molecular weight excluding hydrogens is 360 g/mol. The molecule has 3 rings (SSSR count). The van der Waals surface area contributed by atoms with Gasteiger partial charge in [0.1, 0.15) is 5.69 Å². The lowest BCUT2D eigenvalue weighted by Crippen LogP contribution is -2.16. The number of aromatic nitrogens is 2. The number of carbonyl (C=O) groups is 1. The quantitative estimate of drug-likeness (QED) is 0.653. The zero-order valence-corrected chi connectivity index (χ0v) is 16.0. The lowest BCUT2D eigenvalue weighted by Gasteiger charge is -2.10. The van der Waals surface area contributed by atoms with Crippen LogP contribution in [0.25, 0.3) is 0 Å². The second-order valence-corrected chi connectivity index (χ2v) is 6.71. The topological polar surface area (TPSA) is 66.9 Å². The van der Waals surface area contributed by atoms with Crippen LogP contribution in [0.15, 0.2) is 54.7 Å². The molecule has 5 nitrogen and oxygen atoms in total. The molecule has 0 aliphatic rings. The molecular formula is C21H21ClN4O. The van der Waals surface area contributed by atoms with E-state index in [1.165, 1.54) is 0 Å². The summed E-state index contributed by atoms with van der Waals surface area (Å²) in [6.07, 6.45) is 2.38. The lowest BCUT2D eigenvalue weighted by molar-refractivity contribution is 0.102. The van der Waals surface area contributed by atoms with Gasteiger partial charge in [0.2, 0.25) is 5.95 Å². The molecule has 0 spiro atoms. The van der Waals surface area contributed by atoms with Gasteiger partial charge in [0.25, 0.3) is 5.91 Å². The Balaban J connectivity index is 1.61. The van der Waals surface area contributed by atoms with Crippen molar-refractivity contribution in [1.82, 2.24) is 9.97 Å². The minimum atomic E-state index is -0.258. The van der Waals surface area contributed by atoms with Crippen LogP contribution in [0.1, 0.15) is 27.2 Å². The first-order valence-corrected chi connectivity index (χ1v) is 9.09. The molecule has 1 aromatic heterocycles. The van der Waals surface area contributed by atoms with Crippen molar-refractivity contribution in [3.05, 3.63) is 82.1 Å². The van der Waals surface area contributed by atoms with Crippen LogP contribution in [0.2, 0.25) is 5.02 Å². The van der Waals surface area contributed by atoms with Crippen LogP contribution in [0.5, 0.6) is 0 Å². The van der Waals surface area contributed by atoms with Crippen molar-refractivity contribution < 1.29 is 4.79 Å². The maximum absolute atomic E-state index is 12.5. The van der Waals surface area contributed by atoms with Gasteiger partial charge in [0.05, 0.1) is 0 Å². The summed E-state index contributed by atoms with van der Waals surface area (Å²) < 4.78 is 0. The molecule has 0 aliphatic heterocycles. The largest absolute Gasteiger partial charge is 0.354 e. The highest BCUT2D eigenvalue weighted by molar-refractivity contribution is 6.30. The number of halogens is 1. The predicted octanol–water partition coefficient (Wildman–Crippen LogP) is 4.65. The second kappa shape index (κ2) is 8.64. The van der Waals surface area contributed by atoms with Gasteiger partial charge in [-0.3, -0.25) is 4.79 Å². The molecule has 1 heterocycles. The smallest absolute Gasteiger partial charge is 0.274 e. The van der Waals surface area contributed by atoms with Crippen LogP contribution in [-0.2, 0) is 6.42 Å². The minimum Gasteiger partial charge on any atom is -0.354 e. The molecule has 138 valence electrons.